The smallest absolute Gasteiger partial charge is 0.326 e. The number of aliphatic carboxylic acids is 2. The highest BCUT2D eigenvalue weighted by Crippen LogP contribution is 2.20. The third-order valence-electron chi connectivity index (χ3n) is 5.07. The summed E-state index contributed by atoms with van der Waals surface area (Å²) in [6, 6.07) is -4.19. The molecule has 4 unspecified atom stereocenters. The molecule has 0 spiro atoms. The Kier molecular flexibility index (Phi) is 11.0. The number of guanidine groups is 1. The lowest BCUT2D eigenvalue weighted by molar-refractivity contribution is -0.145. The Balaban J connectivity index is 2.92. The van der Waals surface area contributed by atoms with E-state index in [0.717, 1.165) is 0 Å². The van der Waals surface area contributed by atoms with Gasteiger partial charge in [0.1, 0.15) is 18.1 Å². The first kappa shape index (κ1) is 27.6. The van der Waals surface area contributed by atoms with Crippen LogP contribution < -0.4 is 27.8 Å². The largest absolute Gasteiger partial charge is 0.481 e. The van der Waals surface area contributed by atoms with Crippen LogP contribution in [-0.4, -0.2) is 88.0 Å². The first-order valence-corrected chi connectivity index (χ1v) is 10.6. The molecule has 186 valence electrons. The van der Waals surface area contributed by atoms with Crippen molar-refractivity contribution in [3.05, 3.63) is 0 Å². The molecular weight excluding hydrogens is 438 g/mol. The van der Waals surface area contributed by atoms with Crippen LogP contribution in [0.3, 0.4) is 0 Å². The number of aliphatic imine (C=N–C) groups is 1. The molecule has 0 aromatic rings. The second-order valence-electron chi connectivity index (χ2n) is 7.82. The molecule has 0 aromatic heterocycles. The molecule has 1 saturated heterocycles. The number of carbonyl (C=O) groups is 5. The van der Waals surface area contributed by atoms with Crippen LogP contribution >= 0.6 is 0 Å². The number of nitrogens with one attached hydrogen (secondary N) is 2. The van der Waals surface area contributed by atoms with E-state index in [1.807, 2.05) is 0 Å². The monoisotopic (exact) mass is 471 g/mol. The molecule has 3 amide bonds. The summed E-state index contributed by atoms with van der Waals surface area (Å²) in [5.74, 6) is -4.43. The van der Waals surface area contributed by atoms with Gasteiger partial charge in [-0.3, -0.25) is 24.2 Å². The Hall–Kier alpha value is -3.42. The van der Waals surface area contributed by atoms with Crippen molar-refractivity contribution < 1.29 is 34.2 Å². The molecule has 0 aromatic carbocycles. The second-order valence-corrected chi connectivity index (χ2v) is 7.82. The number of hydrogen-bond donors (Lipinski definition) is 7. The summed E-state index contributed by atoms with van der Waals surface area (Å²) in [6.07, 6.45) is 0.619. The van der Waals surface area contributed by atoms with E-state index in [0.29, 0.717) is 19.3 Å². The molecule has 4 atom stereocenters. The second kappa shape index (κ2) is 13.2. The van der Waals surface area contributed by atoms with Crippen LogP contribution in [0.2, 0.25) is 0 Å². The van der Waals surface area contributed by atoms with Gasteiger partial charge in [0.2, 0.25) is 17.7 Å². The summed E-state index contributed by atoms with van der Waals surface area (Å²) in [5.41, 5.74) is 16.2. The lowest BCUT2D eigenvalue weighted by Gasteiger charge is -2.29. The molecule has 1 rings (SSSR count). The molecule has 0 aliphatic carbocycles. The van der Waals surface area contributed by atoms with Crippen LogP contribution in [-0.2, 0) is 24.0 Å². The van der Waals surface area contributed by atoms with Crippen molar-refractivity contribution in [2.75, 3.05) is 13.1 Å². The minimum Gasteiger partial charge on any atom is -0.481 e. The first-order chi connectivity index (χ1) is 15.4. The number of nitrogens with two attached hydrogens (primary N) is 3. The van der Waals surface area contributed by atoms with Crippen LogP contribution in [0.1, 0.15) is 45.4 Å². The van der Waals surface area contributed by atoms with Crippen molar-refractivity contribution in [1.82, 2.24) is 15.5 Å². The maximum Gasteiger partial charge on any atom is 0.326 e. The van der Waals surface area contributed by atoms with E-state index in [-0.39, 0.29) is 31.9 Å². The lowest BCUT2D eigenvalue weighted by Crippen LogP contribution is -2.56. The Morgan fingerprint density at radius 3 is 2.30 bits per heavy atom. The zero-order valence-electron chi connectivity index (χ0n) is 18.5. The van der Waals surface area contributed by atoms with Gasteiger partial charge in [-0.1, -0.05) is 0 Å². The van der Waals surface area contributed by atoms with Gasteiger partial charge in [0, 0.05) is 19.5 Å². The van der Waals surface area contributed by atoms with Crippen LogP contribution in [0.25, 0.3) is 0 Å². The van der Waals surface area contributed by atoms with E-state index in [2.05, 4.69) is 15.6 Å². The van der Waals surface area contributed by atoms with Gasteiger partial charge in [0.15, 0.2) is 5.96 Å². The van der Waals surface area contributed by atoms with Crippen LogP contribution in [0.15, 0.2) is 4.99 Å². The van der Waals surface area contributed by atoms with Gasteiger partial charge in [-0.15, -0.1) is 0 Å². The van der Waals surface area contributed by atoms with Crippen LogP contribution in [0, 0.1) is 0 Å². The summed E-state index contributed by atoms with van der Waals surface area (Å²) in [5, 5.41) is 22.9. The molecular formula is C19H33N7O7. The van der Waals surface area contributed by atoms with E-state index in [1.54, 1.807) is 0 Å². The number of hydrogen-bond acceptors (Lipinski definition) is 7. The highest BCUT2D eigenvalue weighted by molar-refractivity contribution is 5.94. The van der Waals surface area contributed by atoms with Crippen molar-refractivity contribution in [2.24, 2.45) is 22.2 Å². The highest BCUT2D eigenvalue weighted by Gasteiger charge is 2.38. The zero-order chi connectivity index (χ0) is 25.1. The minimum atomic E-state index is -1.40. The Labute approximate surface area is 190 Å². The molecule has 14 heteroatoms. The molecule has 1 aliphatic rings. The predicted molar refractivity (Wildman–Crippen MR) is 117 cm³/mol. The summed E-state index contributed by atoms with van der Waals surface area (Å²) in [7, 11) is 0. The van der Waals surface area contributed by atoms with Gasteiger partial charge in [-0.2, -0.15) is 0 Å². The fourth-order valence-electron chi connectivity index (χ4n) is 3.36. The van der Waals surface area contributed by atoms with Gasteiger partial charge in [-0.05, 0) is 39.0 Å². The Morgan fingerprint density at radius 2 is 1.76 bits per heavy atom. The summed E-state index contributed by atoms with van der Waals surface area (Å²) in [4.78, 5) is 65.3. The zero-order valence-corrected chi connectivity index (χ0v) is 18.5. The number of likely N-dealkylation sites (tertiary alicyclic amines) is 1. The van der Waals surface area contributed by atoms with Crippen molar-refractivity contribution in [3.63, 3.8) is 0 Å². The van der Waals surface area contributed by atoms with Crippen molar-refractivity contribution in [1.29, 1.82) is 0 Å². The van der Waals surface area contributed by atoms with E-state index < -0.39 is 60.2 Å². The Bertz CT molecular complexity index is 768. The lowest BCUT2D eigenvalue weighted by atomic mass is 10.1. The van der Waals surface area contributed by atoms with E-state index in [4.69, 9.17) is 22.3 Å². The van der Waals surface area contributed by atoms with E-state index >= 15 is 0 Å². The quantitative estimate of drug-likeness (QED) is 0.0831. The summed E-state index contributed by atoms with van der Waals surface area (Å²) in [6.45, 7) is 1.93. The van der Waals surface area contributed by atoms with Crippen molar-refractivity contribution >= 4 is 35.6 Å². The highest BCUT2D eigenvalue weighted by atomic mass is 16.4. The average molecular weight is 472 g/mol. The van der Waals surface area contributed by atoms with Gasteiger partial charge >= 0.3 is 11.9 Å². The molecule has 0 bridgehead atoms. The number of amides is 3. The normalized spacial score (nSPS) is 18.0. The van der Waals surface area contributed by atoms with Gasteiger partial charge < -0.3 is 42.9 Å². The number of carboxylic acids is 2. The average Bonchev–Trinajstić information content (AvgIpc) is 3.21. The fourth-order valence-corrected chi connectivity index (χ4v) is 3.36. The maximum absolute atomic E-state index is 13.2. The standard InChI is InChI=1S/C19H33N7O7/c1-10(20)15(29)24-11(4-2-8-23-19(21)22)17(31)26-9-3-5-13(26)16(30)25-12(18(32)33)6-7-14(27)28/h10-13H,2-9,20H2,1H3,(H,24,29)(H,25,30)(H,27,28)(H,32,33)(H4,21,22,23). The molecule has 0 saturated carbocycles. The van der Waals surface area contributed by atoms with Gasteiger partial charge in [0.25, 0.3) is 0 Å². The van der Waals surface area contributed by atoms with Crippen LogP contribution in [0.5, 0.6) is 0 Å². The molecule has 0 radical (unpaired) electrons. The van der Waals surface area contributed by atoms with Crippen molar-refractivity contribution in [2.45, 2.75) is 69.6 Å². The number of nitrogens with zero attached hydrogens (tertiary/aromatic N) is 2. The SMILES string of the molecule is CC(N)C(=O)NC(CCCN=C(N)N)C(=O)N1CCCC1C(=O)NC(CCC(=O)O)C(=O)O. The molecule has 10 N–H and O–H groups in total. The summed E-state index contributed by atoms with van der Waals surface area (Å²) >= 11 is 0. The van der Waals surface area contributed by atoms with E-state index in [1.165, 1.54) is 11.8 Å². The van der Waals surface area contributed by atoms with E-state index in [9.17, 15) is 29.1 Å². The third kappa shape index (κ3) is 9.31. The van der Waals surface area contributed by atoms with Crippen molar-refractivity contribution in [3.8, 4) is 0 Å². The molecule has 1 fully saturated rings. The minimum absolute atomic E-state index is 0.107. The summed E-state index contributed by atoms with van der Waals surface area (Å²) < 4.78 is 0. The number of carboxylic acid groups (broad SMARTS) is 2. The topological polar surface area (TPSA) is 244 Å². The number of rotatable bonds is 13. The van der Waals surface area contributed by atoms with Gasteiger partial charge in [-0.25, -0.2) is 4.79 Å². The molecule has 1 aliphatic heterocycles. The first-order valence-electron chi connectivity index (χ1n) is 10.6. The fraction of sp³-hybridized carbons (Fsp3) is 0.684. The van der Waals surface area contributed by atoms with Gasteiger partial charge in [0.05, 0.1) is 6.04 Å². The maximum atomic E-state index is 13.2. The number of carbonyl (C=O) groups excluding carboxylic acids is 3. The Morgan fingerprint density at radius 1 is 1.09 bits per heavy atom. The van der Waals surface area contributed by atoms with Crippen LogP contribution in [0.4, 0.5) is 0 Å². The molecule has 33 heavy (non-hydrogen) atoms. The third-order valence-corrected chi connectivity index (χ3v) is 5.07. The molecule has 1 heterocycles. The predicted octanol–water partition coefficient (Wildman–Crippen LogP) is -2.70. The molecule has 14 nitrogen and oxygen atoms in total.